The Morgan fingerprint density at radius 2 is 2.00 bits per heavy atom. The van der Waals surface area contributed by atoms with Gasteiger partial charge in [-0.1, -0.05) is 26.0 Å². The summed E-state index contributed by atoms with van der Waals surface area (Å²) in [6, 6.07) is 6.94. The second-order valence-electron chi connectivity index (χ2n) is 3.70. The normalized spacial score (nSPS) is 11.6. The number of amidine groups is 1. The van der Waals surface area contributed by atoms with Crippen LogP contribution in [0.3, 0.4) is 0 Å². The standard InChI is InChI=1S/C11H14N4O/c1-7(2)10(16)8-4-3-5-9(6-8)11(12)14-15-13/h3-7H,1-2H3,(H3,12,13,14)/p+1. The number of carbonyl (C=O) groups is 1. The first-order valence-corrected chi connectivity index (χ1v) is 4.94. The van der Waals surface area contributed by atoms with E-state index in [0.717, 1.165) is 0 Å². The Balaban J connectivity index is 3.09. The maximum Gasteiger partial charge on any atom is 0.273 e. The van der Waals surface area contributed by atoms with Gasteiger partial charge in [-0.2, -0.15) is 5.53 Å². The highest BCUT2D eigenvalue weighted by Gasteiger charge is 2.12. The van der Waals surface area contributed by atoms with Crippen LogP contribution in [0.5, 0.6) is 0 Å². The van der Waals surface area contributed by atoms with Gasteiger partial charge in [-0.05, 0) is 12.1 Å². The minimum atomic E-state index is -0.0485. The first kappa shape index (κ1) is 12.0. The fourth-order valence-corrected chi connectivity index (χ4v) is 1.29. The van der Waals surface area contributed by atoms with E-state index in [1.165, 1.54) is 0 Å². The van der Waals surface area contributed by atoms with Gasteiger partial charge in [-0.15, -0.1) is 0 Å². The van der Waals surface area contributed by atoms with Crippen LogP contribution in [0, 0.1) is 5.92 Å². The number of nitrogens with two attached hydrogens (primary N) is 2. The molecule has 0 aliphatic heterocycles. The molecule has 0 aromatic heterocycles. The predicted octanol–water partition coefficient (Wildman–Crippen LogP) is 0.357. The predicted molar refractivity (Wildman–Crippen MR) is 60.7 cm³/mol. The first-order chi connectivity index (χ1) is 7.56. The molecule has 0 aliphatic rings. The second kappa shape index (κ2) is 5.16. The number of hydrogen-bond donors (Lipinski definition) is 2. The maximum absolute atomic E-state index is 11.7. The second-order valence-corrected chi connectivity index (χ2v) is 3.70. The number of benzene rings is 1. The van der Waals surface area contributed by atoms with Crippen LogP contribution in [0.15, 0.2) is 34.6 Å². The minimum Gasteiger partial charge on any atom is -0.360 e. The molecule has 0 spiro atoms. The highest BCUT2D eigenvalue weighted by atomic mass is 16.1. The molecule has 5 heteroatoms. The number of carbonyl (C=O) groups excluding carboxylic acids is 1. The quantitative estimate of drug-likeness (QED) is 0.251. The summed E-state index contributed by atoms with van der Waals surface area (Å²) in [6.45, 7) is 3.70. The Morgan fingerprint density at radius 1 is 1.38 bits per heavy atom. The van der Waals surface area contributed by atoms with E-state index in [9.17, 15) is 4.79 Å². The van der Waals surface area contributed by atoms with Crippen molar-refractivity contribution in [3.63, 3.8) is 0 Å². The molecule has 1 aromatic rings. The summed E-state index contributed by atoms with van der Waals surface area (Å²) in [6.07, 6.45) is 0. The average molecular weight is 219 g/mol. The van der Waals surface area contributed by atoms with Crippen molar-refractivity contribution in [1.29, 1.82) is 0 Å². The van der Waals surface area contributed by atoms with Crippen molar-refractivity contribution in [2.75, 3.05) is 0 Å². The summed E-state index contributed by atoms with van der Waals surface area (Å²) < 4.78 is 0. The van der Waals surface area contributed by atoms with Crippen LogP contribution < -0.4 is 11.3 Å². The number of nitrogens with zero attached hydrogens (tertiary/aromatic N) is 2. The van der Waals surface area contributed by atoms with Crippen molar-refractivity contribution in [3.05, 3.63) is 35.4 Å². The Kier molecular flexibility index (Phi) is 3.88. The van der Waals surface area contributed by atoms with Crippen LogP contribution in [0.2, 0.25) is 0 Å². The van der Waals surface area contributed by atoms with E-state index in [1.807, 2.05) is 13.8 Å². The van der Waals surface area contributed by atoms with Gasteiger partial charge >= 0.3 is 0 Å². The third-order valence-corrected chi connectivity index (χ3v) is 2.13. The Hall–Kier alpha value is -2.04. The summed E-state index contributed by atoms with van der Waals surface area (Å²) in [5, 5.41) is 6.63. The molecule has 0 fully saturated rings. The van der Waals surface area contributed by atoms with Crippen LogP contribution in [-0.4, -0.2) is 11.6 Å². The van der Waals surface area contributed by atoms with Gasteiger partial charge in [-0.3, -0.25) is 4.79 Å². The zero-order valence-corrected chi connectivity index (χ0v) is 9.34. The molecular formula is C11H15N4O+. The molecule has 5 nitrogen and oxygen atoms in total. The third-order valence-electron chi connectivity index (χ3n) is 2.13. The van der Waals surface area contributed by atoms with Gasteiger partial charge in [0.15, 0.2) is 5.78 Å². The molecule has 0 heterocycles. The summed E-state index contributed by atoms with van der Waals surface area (Å²) in [4.78, 5) is 11.7. The van der Waals surface area contributed by atoms with Crippen LogP contribution in [0.4, 0.5) is 0 Å². The first-order valence-electron chi connectivity index (χ1n) is 4.94. The lowest BCUT2D eigenvalue weighted by Crippen LogP contribution is -2.24. The Morgan fingerprint density at radius 3 is 2.56 bits per heavy atom. The van der Waals surface area contributed by atoms with E-state index in [-0.39, 0.29) is 17.5 Å². The fraction of sp³-hybridized carbons (Fsp3) is 0.273. The molecule has 4 N–H and O–H groups in total. The molecule has 0 bridgehead atoms. The molecule has 1 aromatic carbocycles. The smallest absolute Gasteiger partial charge is 0.273 e. The number of rotatable bonds is 4. The van der Waals surface area contributed by atoms with E-state index in [1.54, 1.807) is 24.3 Å². The van der Waals surface area contributed by atoms with Crippen molar-refractivity contribution in [3.8, 4) is 0 Å². The summed E-state index contributed by atoms with van der Waals surface area (Å²) in [5.74, 6) is 0.216. The molecule has 16 heavy (non-hydrogen) atoms. The topological polar surface area (TPSA) is 93.4 Å². The highest BCUT2D eigenvalue weighted by molar-refractivity contribution is 6.02. The average Bonchev–Trinajstić information content (AvgIpc) is 2.28. The third kappa shape index (κ3) is 2.73. The lowest BCUT2D eigenvalue weighted by Gasteiger charge is -2.04. The van der Waals surface area contributed by atoms with E-state index in [2.05, 4.69) is 10.3 Å². The van der Waals surface area contributed by atoms with Gasteiger partial charge in [0.1, 0.15) is 5.22 Å². The summed E-state index contributed by atoms with van der Waals surface area (Å²) >= 11 is 0. The van der Waals surface area contributed by atoms with Gasteiger partial charge in [0.05, 0.1) is 5.10 Å². The molecule has 0 radical (unpaired) electrons. The zero-order chi connectivity index (χ0) is 12.1. The molecule has 0 amide bonds. The van der Waals surface area contributed by atoms with E-state index in [0.29, 0.717) is 11.1 Å². The molecule has 0 unspecified atom stereocenters. The van der Waals surface area contributed by atoms with Crippen molar-refractivity contribution in [2.24, 2.45) is 22.0 Å². The summed E-state index contributed by atoms with van der Waals surface area (Å²) in [7, 11) is 0. The Labute approximate surface area is 93.9 Å². The highest BCUT2D eigenvalue weighted by Crippen LogP contribution is 2.10. The van der Waals surface area contributed by atoms with Crippen LogP contribution in [0.1, 0.15) is 29.8 Å². The van der Waals surface area contributed by atoms with Crippen molar-refractivity contribution < 1.29 is 10.3 Å². The Bertz CT molecular complexity index is 437. The van der Waals surface area contributed by atoms with Crippen LogP contribution >= 0.6 is 0 Å². The molecular weight excluding hydrogens is 204 g/mol. The number of Topliss-reactive ketones (excluding diaryl/α,β-unsaturated/α-hetero) is 1. The minimum absolute atomic E-state index is 0.0485. The van der Waals surface area contributed by atoms with E-state index < -0.39 is 0 Å². The van der Waals surface area contributed by atoms with Gasteiger partial charge in [0.2, 0.25) is 0 Å². The fourth-order valence-electron chi connectivity index (χ4n) is 1.29. The van der Waals surface area contributed by atoms with Crippen LogP contribution in [0.25, 0.3) is 0 Å². The monoisotopic (exact) mass is 219 g/mol. The largest absolute Gasteiger partial charge is 0.360 e. The van der Waals surface area contributed by atoms with Gasteiger partial charge in [0.25, 0.3) is 5.84 Å². The molecule has 1 rings (SSSR count). The molecule has 0 saturated heterocycles. The van der Waals surface area contributed by atoms with E-state index in [4.69, 9.17) is 11.3 Å². The molecule has 0 saturated carbocycles. The lowest BCUT2D eigenvalue weighted by molar-refractivity contribution is -0.221. The number of ketones is 1. The van der Waals surface area contributed by atoms with Gasteiger partial charge in [0, 0.05) is 17.0 Å². The SMILES string of the molecule is CC(C)C(=O)c1cccc(/C(N)=N/N=[NH2+])c1. The number of hydrogen-bond acceptors (Lipinski definition) is 2. The zero-order valence-electron chi connectivity index (χ0n) is 9.34. The summed E-state index contributed by atoms with van der Waals surface area (Å²) in [5.41, 5.74) is 11.8. The van der Waals surface area contributed by atoms with Gasteiger partial charge < -0.3 is 5.73 Å². The molecule has 0 aliphatic carbocycles. The maximum atomic E-state index is 11.7. The molecule has 84 valence electrons. The van der Waals surface area contributed by atoms with Crippen molar-refractivity contribution in [1.82, 2.24) is 0 Å². The van der Waals surface area contributed by atoms with Crippen LogP contribution in [-0.2, 0) is 0 Å². The van der Waals surface area contributed by atoms with E-state index >= 15 is 0 Å². The lowest BCUT2D eigenvalue weighted by atomic mass is 9.99. The van der Waals surface area contributed by atoms with Crippen molar-refractivity contribution >= 4 is 11.6 Å². The molecule has 0 atom stereocenters. The van der Waals surface area contributed by atoms with Crippen molar-refractivity contribution in [2.45, 2.75) is 13.8 Å². The van der Waals surface area contributed by atoms with Gasteiger partial charge in [-0.25, -0.2) is 0 Å².